The van der Waals surface area contributed by atoms with Crippen LogP contribution in [-0.2, 0) is 4.74 Å². The van der Waals surface area contributed by atoms with Gasteiger partial charge in [0.2, 0.25) is 0 Å². The minimum atomic E-state index is -0.0353. The summed E-state index contributed by atoms with van der Waals surface area (Å²) in [6.45, 7) is 74.3. The van der Waals surface area contributed by atoms with Gasteiger partial charge >= 0.3 is 0 Å². The Hall–Kier alpha value is -0.300. The van der Waals surface area contributed by atoms with Crippen molar-refractivity contribution in [3.63, 3.8) is 0 Å². The van der Waals surface area contributed by atoms with Gasteiger partial charge in [-0.3, -0.25) is 0 Å². The molecule has 0 spiro atoms. The Morgan fingerprint density at radius 1 is 0.462 bits per heavy atom. The van der Waals surface area contributed by atoms with Gasteiger partial charge in [0.1, 0.15) is 0 Å². The van der Waals surface area contributed by atoms with Crippen LogP contribution in [0.3, 0.4) is 0 Å². The van der Waals surface area contributed by atoms with E-state index in [2.05, 4.69) is 221 Å². The maximum absolute atomic E-state index is 5.64. The summed E-state index contributed by atoms with van der Waals surface area (Å²) in [4.78, 5) is 0. The van der Waals surface area contributed by atoms with Gasteiger partial charge in [-0.25, -0.2) is 0 Å². The van der Waals surface area contributed by atoms with Gasteiger partial charge in [0.15, 0.2) is 0 Å². The molecule has 0 aromatic heterocycles. The fourth-order valence-corrected chi connectivity index (χ4v) is 5.04. The van der Waals surface area contributed by atoms with Crippen LogP contribution in [0.15, 0.2) is 12.7 Å². The van der Waals surface area contributed by atoms with Crippen LogP contribution >= 0.6 is 0 Å². The van der Waals surface area contributed by atoms with E-state index in [1.54, 1.807) is 6.08 Å². The number of hydrogen-bond donors (Lipinski definition) is 0. The zero-order chi connectivity index (χ0) is 43.3. The second-order valence-electron chi connectivity index (χ2n) is 25.3. The van der Waals surface area contributed by atoms with E-state index >= 15 is 0 Å². The maximum Gasteiger partial charge on any atom is 0.0652 e. The molecule has 0 aromatic rings. The summed E-state index contributed by atoms with van der Waals surface area (Å²) < 4.78 is 5.64. The van der Waals surface area contributed by atoms with Crippen molar-refractivity contribution in [2.24, 2.45) is 61.6 Å². The van der Waals surface area contributed by atoms with Crippen molar-refractivity contribution >= 4 is 0 Å². The van der Waals surface area contributed by atoms with Crippen molar-refractivity contribution in [2.45, 2.75) is 253 Å². The molecule has 0 rings (SSSR count). The molecule has 0 aliphatic rings. The Labute approximate surface area is 337 Å². The largest absolute Gasteiger partial charge is 0.372 e. The van der Waals surface area contributed by atoms with E-state index in [1.165, 1.54) is 19.3 Å². The Morgan fingerprint density at radius 3 is 0.808 bits per heavy atom. The molecule has 1 unspecified atom stereocenters. The van der Waals surface area contributed by atoms with Gasteiger partial charge in [0.05, 0.1) is 12.2 Å². The molecule has 0 aliphatic carbocycles. The molecule has 52 heavy (non-hydrogen) atoms. The smallest absolute Gasteiger partial charge is 0.0652 e. The van der Waals surface area contributed by atoms with E-state index in [0.717, 1.165) is 30.1 Å². The quantitative estimate of drug-likeness (QED) is 0.246. The third-order valence-corrected chi connectivity index (χ3v) is 9.18. The Morgan fingerprint density at radius 2 is 0.731 bits per heavy atom. The number of hydrogen-bond acceptors (Lipinski definition) is 1. The van der Waals surface area contributed by atoms with Gasteiger partial charge in [-0.2, -0.15) is 0 Å². The molecule has 1 nitrogen and oxygen atoms in total. The molecular weight excluding hydrogens is 629 g/mol. The van der Waals surface area contributed by atoms with Gasteiger partial charge in [0.25, 0.3) is 0 Å². The minimum Gasteiger partial charge on any atom is -0.372 e. The van der Waals surface area contributed by atoms with E-state index in [4.69, 9.17) is 4.74 Å². The maximum atomic E-state index is 5.64. The summed E-state index contributed by atoms with van der Waals surface area (Å²) >= 11 is 0. The van der Waals surface area contributed by atoms with E-state index in [0.29, 0.717) is 44.5 Å². The third kappa shape index (κ3) is 67.8. The van der Waals surface area contributed by atoms with Gasteiger partial charge in [-0.1, -0.05) is 221 Å². The van der Waals surface area contributed by atoms with Gasteiger partial charge in [-0.05, 0) is 94.7 Å². The lowest BCUT2D eigenvalue weighted by Crippen LogP contribution is -2.30. The molecule has 0 heterocycles. The SMILES string of the molecule is C.C=CCOC(C)(C)CC(C)(C)C.CC(C)(C)CC(C)(C)C.CC(C)C(C)(C)C.CC(C)C(C)(C)C.CC(C)CC(C)(C)C.CCC(C)C(C)(C)C. The second-order valence-corrected chi connectivity index (χ2v) is 25.3. The van der Waals surface area contributed by atoms with Crippen molar-refractivity contribution in [3.8, 4) is 0 Å². The average Bonchev–Trinajstić information content (AvgIpc) is 2.77. The minimum absolute atomic E-state index is 0. The topological polar surface area (TPSA) is 9.23 Å². The summed E-state index contributed by atoms with van der Waals surface area (Å²) in [5.41, 5.74) is 3.29. The molecule has 0 saturated carbocycles. The van der Waals surface area contributed by atoms with Crippen molar-refractivity contribution < 1.29 is 4.74 Å². The second kappa shape index (κ2) is 28.1. The average molecular weight is 743 g/mol. The summed E-state index contributed by atoms with van der Waals surface area (Å²) in [7, 11) is 0. The molecule has 0 N–H and O–H groups in total. The van der Waals surface area contributed by atoms with Crippen molar-refractivity contribution in [3.05, 3.63) is 12.7 Å². The lowest BCUT2D eigenvalue weighted by Gasteiger charge is -2.32. The van der Waals surface area contributed by atoms with Crippen molar-refractivity contribution in [1.82, 2.24) is 0 Å². The highest BCUT2D eigenvalue weighted by Crippen LogP contribution is 2.32. The molecule has 0 bridgehead atoms. The zero-order valence-corrected chi connectivity index (χ0v) is 42.5. The Balaban J connectivity index is -0.0000000941. The summed E-state index contributed by atoms with van der Waals surface area (Å²) in [5.74, 6) is 3.29. The van der Waals surface area contributed by atoms with Crippen molar-refractivity contribution in [1.29, 1.82) is 0 Å². The lowest BCUT2D eigenvalue weighted by molar-refractivity contribution is -0.0290. The van der Waals surface area contributed by atoms with Gasteiger partial charge < -0.3 is 4.74 Å². The van der Waals surface area contributed by atoms with E-state index in [1.807, 2.05) is 0 Å². The molecule has 1 heteroatoms. The third-order valence-electron chi connectivity index (χ3n) is 9.18. The molecule has 0 saturated heterocycles. The monoisotopic (exact) mass is 743 g/mol. The zero-order valence-electron chi connectivity index (χ0n) is 42.5. The molecule has 0 fully saturated rings. The predicted octanol–water partition coefficient (Wildman–Crippen LogP) is 19.0. The summed E-state index contributed by atoms with van der Waals surface area (Å²) in [6.07, 6.45) is 6.77. The first kappa shape index (κ1) is 66.5. The Kier molecular flexibility index (Phi) is 36.0. The van der Waals surface area contributed by atoms with Crippen LogP contribution in [0.4, 0.5) is 0 Å². The standard InChI is InChI=1S/C11H22O.C9H20.2C8H18.2C7H16.CH4/c1-7-8-12-11(5,6)9-10(2,3)4;1-8(2,3)7-9(4,5)6;1-7(2)6-8(3,4)5;1-6-7(2)8(3,4)5;2*1-6(2)7(3,4)5;/h7H,1,8-9H2,2-6H3;7H2,1-6H3;2*7H,6H2,1-5H3;2*6H,1-5H3;1H4. The molecule has 0 radical (unpaired) electrons. The molecule has 0 aromatic carbocycles. The van der Waals surface area contributed by atoms with Crippen LogP contribution in [0.1, 0.15) is 248 Å². The summed E-state index contributed by atoms with van der Waals surface area (Å²) in [6, 6.07) is 0. The molecular formula is C51H114O. The first-order valence-corrected chi connectivity index (χ1v) is 21.0. The van der Waals surface area contributed by atoms with Crippen molar-refractivity contribution in [2.75, 3.05) is 6.61 Å². The fourth-order valence-electron chi connectivity index (χ4n) is 5.04. The van der Waals surface area contributed by atoms with Crippen LogP contribution in [-0.4, -0.2) is 12.2 Å². The van der Waals surface area contributed by atoms with Crippen LogP contribution in [0, 0.1) is 61.6 Å². The fraction of sp³-hybridized carbons (Fsp3) is 0.961. The van der Waals surface area contributed by atoms with Gasteiger partial charge in [0, 0.05) is 0 Å². The number of rotatable bonds is 6. The molecule has 324 valence electrons. The lowest BCUT2D eigenvalue weighted by atomic mass is 9.78. The van der Waals surface area contributed by atoms with Crippen LogP contribution in [0.2, 0.25) is 0 Å². The highest BCUT2D eigenvalue weighted by atomic mass is 16.5. The van der Waals surface area contributed by atoms with Crippen LogP contribution in [0.5, 0.6) is 0 Å². The number of ether oxygens (including phenoxy) is 1. The normalized spacial score (nSPS) is 13.3. The van der Waals surface area contributed by atoms with Crippen LogP contribution in [0.25, 0.3) is 0 Å². The van der Waals surface area contributed by atoms with Gasteiger partial charge in [-0.15, -0.1) is 6.58 Å². The molecule has 0 aliphatic heterocycles. The first-order chi connectivity index (χ1) is 21.8. The van der Waals surface area contributed by atoms with E-state index < -0.39 is 0 Å². The summed E-state index contributed by atoms with van der Waals surface area (Å²) in [5, 5.41) is 0. The molecule has 0 amide bonds. The predicted molar refractivity (Wildman–Crippen MR) is 251 cm³/mol. The first-order valence-electron chi connectivity index (χ1n) is 21.0. The Bertz CT molecular complexity index is 742. The van der Waals surface area contributed by atoms with Crippen LogP contribution < -0.4 is 0 Å². The highest BCUT2D eigenvalue weighted by Gasteiger charge is 2.25. The highest BCUT2D eigenvalue weighted by molar-refractivity contribution is 4.79. The van der Waals surface area contributed by atoms with E-state index in [-0.39, 0.29) is 13.0 Å². The van der Waals surface area contributed by atoms with E-state index in [9.17, 15) is 0 Å². The molecule has 1 atom stereocenters.